The molecule has 102 valence electrons. The Bertz CT molecular complexity index is 706. The van der Waals surface area contributed by atoms with Crippen molar-refractivity contribution in [3.8, 4) is 0 Å². The first-order valence-electron chi connectivity index (χ1n) is 6.69. The van der Waals surface area contributed by atoms with Crippen molar-refractivity contribution >= 4 is 27.4 Å². The van der Waals surface area contributed by atoms with Gasteiger partial charge in [-0.2, -0.15) is 0 Å². The van der Waals surface area contributed by atoms with Crippen LogP contribution in [0.15, 0.2) is 42.0 Å². The predicted octanol–water partition coefficient (Wildman–Crippen LogP) is 3.68. The van der Waals surface area contributed by atoms with Crippen LogP contribution in [0.1, 0.15) is 11.1 Å². The monoisotopic (exact) mass is 283 g/mol. The van der Waals surface area contributed by atoms with Crippen molar-refractivity contribution in [1.82, 2.24) is 9.97 Å². The van der Waals surface area contributed by atoms with E-state index in [1.807, 2.05) is 0 Å². The van der Waals surface area contributed by atoms with Gasteiger partial charge in [0.05, 0.1) is 5.39 Å². The van der Waals surface area contributed by atoms with E-state index in [1.165, 1.54) is 16.5 Å². The summed E-state index contributed by atoms with van der Waals surface area (Å²) in [6.07, 6.45) is 2.68. The van der Waals surface area contributed by atoms with Crippen molar-refractivity contribution in [3.05, 3.63) is 53.2 Å². The molecule has 3 rings (SSSR count). The van der Waals surface area contributed by atoms with Crippen molar-refractivity contribution in [1.29, 1.82) is 0 Å². The summed E-state index contributed by atoms with van der Waals surface area (Å²) in [5.41, 5.74) is 2.61. The Labute approximate surface area is 122 Å². The van der Waals surface area contributed by atoms with Crippen molar-refractivity contribution < 1.29 is 0 Å². The maximum Gasteiger partial charge on any atom is 0.140 e. The fourth-order valence-electron chi connectivity index (χ4n) is 2.34. The first kappa shape index (κ1) is 13.1. The lowest BCUT2D eigenvalue weighted by Crippen LogP contribution is -2.21. The molecule has 0 saturated heterocycles. The Balaban J connectivity index is 1.82. The summed E-state index contributed by atoms with van der Waals surface area (Å²) in [7, 11) is 2.10. The van der Waals surface area contributed by atoms with Crippen LogP contribution in [0, 0.1) is 6.92 Å². The second-order valence-corrected chi connectivity index (χ2v) is 5.81. The van der Waals surface area contributed by atoms with E-state index >= 15 is 0 Å². The minimum absolute atomic E-state index is 0.950. The molecule has 0 aliphatic carbocycles. The molecule has 0 N–H and O–H groups in total. The maximum absolute atomic E-state index is 4.47. The molecule has 0 amide bonds. The largest absolute Gasteiger partial charge is 0.359 e. The van der Waals surface area contributed by atoms with Crippen LogP contribution < -0.4 is 4.90 Å². The van der Waals surface area contributed by atoms with Crippen LogP contribution in [0.4, 0.5) is 5.82 Å². The highest BCUT2D eigenvalue weighted by atomic mass is 32.1. The van der Waals surface area contributed by atoms with Crippen LogP contribution in [0.25, 0.3) is 10.2 Å². The van der Waals surface area contributed by atoms with E-state index < -0.39 is 0 Å². The molecule has 0 bridgehead atoms. The molecule has 0 fully saturated rings. The van der Waals surface area contributed by atoms with Crippen molar-refractivity contribution in [2.24, 2.45) is 0 Å². The number of aryl methyl sites for hydroxylation is 1. The second kappa shape index (κ2) is 5.59. The summed E-state index contributed by atoms with van der Waals surface area (Å²) >= 11 is 1.68. The van der Waals surface area contributed by atoms with Gasteiger partial charge in [-0.15, -0.1) is 11.3 Å². The van der Waals surface area contributed by atoms with E-state index in [9.17, 15) is 0 Å². The highest BCUT2D eigenvalue weighted by Crippen LogP contribution is 2.30. The molecular formula is C16H17N3S. The number of rotatable bonds is 4. The van der Waals surface area contributed by atoms with Gasteiger partial charge in [-0.3, -0.25) is 0 Å². The van der Waals surface area contributed by atoms with E-state index in [-0.39, 0.29) is 0 Å². The molecular weight excluding hydrogens is 266 g/mol. The summed E-state index contributed by atoms with van der Waals surface area (Å²) in [6, 6.07) is 10.6. The Morgan fingerprint density at radius 2 is 1.95 bits per heavy atom. The third-order valence-electron chi connectivity index (χ3n) is 3.47. The van der Waals surface area contributed by atoms with Crippen LogP contribution in [-0.2, 0) is 6.42 Å². The van der Waals surface area contributed by atoms with Crippen LogP contribution in [0.3, 0.4) is 0 Å². The molecule has 1 aromatic carbocycles. The van der Waals surface area contributed by atoms with Gasteiger partial charge in [-0.1, -0.05) is 30.3 Å². The van der Waals surface area contributed by atoms with E-state index in [2.05, 4.69) is 64.6 Å². The third-order valence-corrected chi connectivity index (χ3v) is 4.48. The number of aromatic nitrogens is 2. The molecule has 0 aliphatic rings. The molecule has 0 radical (unpaired) electrons. The van der Waals surface area contributed by atoms with Gasteiger partial charge in [0.15, 0.2) is 0 Å². The lowest BCUT2D eigenvalue weighted by molar-refractivity contribution is 0.862. The number of hydrogen-bond acceptors (Lipinski definition) is 4. The molecule has 20 heavy (non-hydrogen) atoms. The predicted molar refractivity (Wildman–Crippen MR) is 85.6 cm³/mol. The number of benzene rings is 1. The molecule has 2 aromatic heterocycles. The van der Waals surface area contributed by atoms with Crippen LogP contribution in [0.2, 0.25) is 0 Å². The summed E-state index contributed by atoms with van der Waals surface area (Å²) in [5.74, 6) is 1.03. The zero-order valence-electron chi connectivity index (χ0n) is 11.7. The number of fused-ring (bicyclic) bond motifs is 1. The van der Waals surface area contributed by atoms with Gasteiger partial charge >= 0.3 is 0 Å². The number of hydrogen-bond donors (Lipinski definition) is 0. The zero-order valence-corrected chi connectivity index (χ0v) is 12.5. The number of likely N-dealkylation sites (N-methyl/N-ethyl adjacent to an activating group) is 1. The second-order valence-electron chi connectivity index (χ2n) is 4.95. The average Bonchev–Trinajstić information content (AvgIpc) is 2.87. The Hall–Kier alpha value is -1.94. The normalized spacial score (nSPS) is 10.9. The molecule has 3 aromatic rings. The van der Waals surface area contributed by atoms with Crippen molar-refractivity contribution in [2.45, 2.75) is 13.3 Å². The Morgan fingerprint density at radius 1 is 1.15 bits per heavy atom. The SMILES string of the molecule is Cc1csc2ncnc(N(C)CCc3ccccc3)c12. The quantitative estimate of drug-likeness (QED) is 0.731. The van der Waals surface area contributed by atoms with Gasteiger partial charge < -0.3 is 4.90 Å². The van der Waals surface area contributed by atoms with Gasteiger partial charge in [-0.05, 0) is 29.9 Å². The zero-order chi connectivity index (χ0) is 13.9. The van der Waals surface area contributed by atoms with Gasteiger partial charge in [-0.25, -0.2) is 9.97 Å². The fourth-order valence-corrected chi connectivity index (χ4v) is 3.22. The smallest absolute Gasteiger partial charge is 0.140 e. The summed E-state index contributed by atoms with van der Waals surface area (Å²) in [5, 5.41) is 3.33. The first-order valence-corrected chi connectivity index (χ1v) is 7.57. The Kier molecular flexibility index (Phi) is 3.65. The lowest BCUT2D eigenvalue weighted by Gasteiger charge is -2.19. The molecule has 3 nitrogen and oxygen atoms in total. The highest BCUT2D eigenvalue weighted by Gasteiger charge is 2.12. The minimum Gasteiger partial charge on any atom is -0.359 e. The number of thiophene rings is 1. The molecule has 2 heterocycles. The topological polar surface area (TPSA) is 29.0 Å². The lowest BCUT2D eigenvalue weighted by atomic mass is 10.1. The van der Waals surface area contributed by atoms with Gasteiger partial charge in [0.25, 0.3) is 0 Å². The molecule has 0 spiro atoms. The standard InChI is InChI=1S/C16H17N3S/c1-12-10-20-16-14(12)15(17-11-18-16)19(2)9-8-13-6-4-3-5-7-13/h3-7,10-11H,8-9H2,1-2H3. The first-order chi connectivity index (χ1) is 9.75. The molecule has 4 heteroatoms. The van der Waals surface area contributed by atoms with Crippen LogP contribution >= 0.6 is 11.3 Å². The summed E-state index contributed by atoms with van der Waals surface area (Å²) < 4.78 is 0. The number of anilines is 1. The maximum atomic E-state index is 4.47. The van der Waals surface area contributed by atoms with E-state index in [4.69, 9.17) is 0 Å². The van der Waals surface area contributed by atoms with Gasteiger partial charge in [0, 0.05) is 13.6 Å². The average molecular weight is 283 g/mol. The number of nitrogens with zero attached hydrogens (tertiary/aromatic N) is 3. The highest BCUT2D eigenvalue weighted by molar-refractivity contribution is 7.17. The molecule has 0 aliphatic heterocycles. The van der Waals surface area contributed by atoms with E-state index in [1.54, 1.807) is 17.7 Å². The Morgan fingerprint density at radius 3 is 2.75 bits per heavy atom. The molecule has 0 unspecified atom stereocenters. The van der Waals surface area contributed by atoms with E-state index in [0.717, 1.165) is 23.6 Å². The van der Waals surface area contributed by atoms with Gasteiger partial charge in [0.2, 0.25) is 0 Å². The van der Waals surface area contributed by atoms with Gasteiger partial charge in [0.1, 0.15) is 17.0 Å². The van der Waals surface area contributed by atoms with Crippen molar-refractivity contribution in [3.63, 3.8) is 0 Å². The molecule has 0 saturated carbocycles. The third kappa shape index (κ3) is 2.51. The fraction of sp³-hybridized carbons (Fsp3) is 0.250. The summed E-state index contributed by atoms with van der Waals surface area (Å²) in [4.78, 5) is 12.1. The van der Waals surface area contributed by atoms with Crippen LogP contribution in [-0.4, -0.2) is 23.6 Å². The molecule has 0 atom stereocenters. The van der Waals surface area contributed by atoms with Crippen molar-refractivity contribution in [2.75, 3.05) is 18.5 Å². The minimum atomic E-state index is 0.950. The summed E-state index contributed by atoms with van der Waals surface area (Å²) in [6.45, 7) is 3.07. The van der Waals surface area contributed by atoms with Crippen LogP contribution in [0.5, 0.6) is 0 Å². The van der Waals surface area contributed by atoms with E-state index in [0.29, 0.717) is 0 Å².